The fourth-order valence-corrected chi connectivity index (χ4v) is 3.18. The van der Waals surface area contributed by atoms with Crippen molar-refractivity contribution >= 4 is 22.5 Å². The van der Waals surface area contributed by atoms with Crippen LogP contribution in [0.15, 0.2) is 53.4 Å². The molecule has 3 N–H and O–H groups in total. The molecule has 5 aromatic rings. The first-order valence-electron chi connectivity index (χ1n) is 9.19. The Balaban J connectivity index is 1.46. The summed E-state index contributed by atoms with van der Waals surface area (Å²) >= 11 is 0. The lowest BCUT2D eigenvalue weighted by Crippen LogP contribution is -2.02. The van der Waals surface area contributed by atoms with Gasteiger partial charge in [0.05, 0.1) is 6.26 Å². The van der Waals surface area contributed by atoms with E-state index >= 15 is 0 Å². The van der Waals surface area contributed by atoms with Gasteiger partial charge in [-0.05, 0) is 37.3 Å². The van der Waals surface area contributed by atoms with Crippen LogP contribution < -0.4 is 10.1 Å². The third-order valence-electron chi connectivity index (χ3n) is 4.58. The molecule has 9 nitrogen and oxygen atoms in total. The zero-order valence-electron chi connectivity index (χ0n) is 16.1. The van der Waals surface area contributed by atoms with Crippen molar-refractivity contribution in [1.29, 1.82) is 5.26 Å². The fourth-order valence-electron chi connectivity index (χ4n) is 3.18. The van der Waals surface area contributed by atoms with Gasteiger partial charge in [0.1, 0.15) is 18.1 Å². The molecule has 5 rings (SSSR count). The topological polar surface area (TPSA) is 128 Å². The standard InChI is InChI=1S/C21H14FN7O2/c1-11-7-12-14(26-11)4-5-17(19(12)22)31-21-13(9-23)20(24-10-25-21)27-18-8-15(28-29-18)16-3-2-6-30-16/h2-8,10,26H,1H3,(H2,24,25,27,28,29). The van der Waals surface area contributed by atoms with Crippen LogP contribution in [0.2, 0.25) is 0 Å². The highest BCUT2D eigenvalue weighted by Gasteiger charge is 2.18. The number of fused-ring (bicyclic) bond motifs is 1. The Bertz CT molecular complexity index is 1430. The van der Waals surface area contributed by atoms with Crippen molar-refractivity contribution < 1.29 is 13.5 Å². The molecule has 10 heteroatoms. The first-order chi connectivity index (χ1) is 15.1. The van der Waals surface area contributed by atoms with Crippen LogP contribution in [0.4, 0.5) is 16.0 Å². The van der Waals surface area contributed by atoms with E-state index in [-0.39, 0.29) is 23.0 Å². The number of hydrogen-bond acceptors (Lipinski definition) is 7. The van der Waals surface area contributed by atoms with Gasteiger partial charge in [-0.2, -0.15) is 10.4 Å². The first-order valence-corrected chi connectivity index (χ1v) is 9.19. The van der Waals surface area contributed by atoms with Gasteiger partial charge in [-0.1, -0.05) is 0 Å². The Morgan fingerprint density at radius 3 is 2.94 bits per heavy atom. The van der Waals surface area contributed by atoms with E-state index in [0.717, 1.165) is 5.69 Å². The van der Waals surface area contributed by atoms with Gasteiger partial charge in [0.25, 0.3) is 0 Å². The molecule has 0 bridgehead atoms. The number of nitrogens with zero attached hydrogens (tertiary/aromatic N) is 4. The monoisotopic (exact) mass is 415 g/mol. The van der Waals surface area contributed by atoms with Gasteiger partial charge < -0.3 is 19.5 Å². The molecule has 0 fully saturated rings. The van der Waals surface area contributed by atoms with E-state index in [4.69, 9.17) is 9.15 Å². The molecular formula is C21H14FN7O2. The van der Waals surface area contributed by atoms with Crippen LogP contribution in [-0.2, 0) is 0 Å². The number of halogens is 1. The average Bonchev–Trinajstić information content (AvgIpc) is 3.51. The van der Waals surface area contributed by atoms with E-state index < -0.39 is 5.82 Å². The predicted molar refractivity (Wildman–Crippen MR) is 109 cm³/mol. The summed E-state index contributed by atoms with van der Waals surface area (Å²) in [5.41, 5.74) is 2.13. The SMILES string of the molecule is Cc1cc2c(F)c(Oc3ncnc(Nc4cc(-c5ccco5)[nH]n4)c3C#N)ccc2[nH]1. The number of nitriles is 1. The summed E-state index contributed by atoms with van der Waals surface area (Å²) in [6, 6.07) is 12.1. The van der Waals surface area contributed by atoms with Crippen LogP contribution in [0.5, 0.6) is 11.6 Å². The molecule has 0 amide bonds. The van der Waals surface area contributed by atoms with E-state index in [1.165, 1.54) is 12.4 Å². The number of hydrogen-bond donors (Lipinski definition) is 3. The van der Waals surface area contributed by atoms with Crippen molar-refractivity contribution in [1.82, 2.24) is 25.1 Å². The summed E-state index contributed by atoms with van der Waals surface area (Å²) in [5, 5.41) is 20.0. The van der Waals surface area contributed by atoms with Gasteiger partial charge in [0, 0.05) is 22.7 Å². The number of nitrogens with one attached hydrogen (secondary N) is 3. The number of benzene rings is 1. The molecule has 152 valence electrons. The smallest absolute Gasteiger partial charge is 0.242 e. The summed E-state index contributed by atoms with van der Waals surface area (Å²) in [4.78, 5) is 11.2. The second-order valence-electron chi connectivity index (χ2n) is 6.68. The molecule has 4 heterocycles. The van der Waals surface area contributed by atoms with Crippen molar-refractivity contribution in [3.63, 3.8) is 0 Å². The van der Waals surface area contributed by atoms with Gasteiger partial charge in [-0.15, -0.1) is 0 Å². The molecular weight excluding hydrogens is 401 g/mol. The Hall–Kier alpha value is -4.65. The zero-order valence-corrected chi connectivity index (χ0v) is 16.1. The van der Waals surface area contributed by atoms with Gasteiger partial charge in [0.15, 0.2) is 34.5 Å². The highest BCUT2D eigenvalue weighted by Crippen LogP contribution is 2.33. The molecule has 0 spiro atoms. The van der Waals surface area contributed by atoms with Gasteiger partial charge >= 0.3 is 0 Å². The number of furan rings is 1. The second kappa shape index (κ2) is 7.31. The van der Waals surface area contributed by atoms with E-state index in [1.54, 1.807) is 36.6 Å². The summed E-state index contributed by atoms with van der Waals surface area (Å²) in [6.07, 6.45) is 2.77. The molecule has 0 unspecified atom stereocenters. The van der Waals surface area contributed by atoms with E-state index in [2.05, 4.69) is 30.5 Å². The lowest BCUT2D eigenvalue weighted by atomic mass is 10.2. The Morgan fingerprint density at radius 2 is 2.13 bits per heavy atom. The first kappa shape index (κ1) is 18.4. The third-order valence-corrected chi connectivity index (χ3v) is 4.58. The van der Waals surface area contributed by atoms with Crippen molar-refractivity contribution in [2.45, 2.75) is 6.92 Å². The molecule has 0 saturated heterocycles. The van der Waals surface area contributed by atoms with Crippen LogP contribution in [0.3, 0.4) is 0 Å². The number of aromatic amines is 2. The van der Waals surface area contributed by atoms with Crippen LogP contribution in [0, 0.1) is 24.1 Å². The number of aromatic nitrogens is 5. The Morgan fingerprint density at radius 1 is 1.23 bits per heavy atom. The largest absolute Gasteiger partial charge is 0.463 e. The predicted octanol–water partition coefficient (Wildman–Crippen LogP) is 4.80. The van der Waals surface area contributed by atoms with Crippen molar-refractivity contribution in [3.05, 3.63) is 66.1 Å². The Kier molecular flexibility index (Phi) is 4.33. The van der Waals surface area contributed by atoms with E-state index in [0.29, 0.717) is 28.2 Å². The number of anilines is 2. The summed E-state index contributed by atoms with van der Waals surface area (Å²) in [5.74, 6) is 0.514. The summed E-state index contributed by atoms with van der Waals surface area (Å²) in [6.45, 7) is 1.84. The highest BCUT2D eigenvalue weighted by molar-refractivity contribution is 5.83. The lowest BCUT2D eigenvalue weighted by molar-refractivity contribution is 0.428. The molecule has 0 saturated carbocycles. The molecule has 0 aliphatic carbocycles. The van der Waals surface area contributed by atoms with Crippen molar-refractivity contribution in [2.24, 2.45) is 0 Å². The van der Waals surface area contributed by atoms with E-state index in [9.17, 15) is 9.65 Å². The lowest BCUT2D eigenvalue weighted by Gasteiger charge is -2.10. The maximum atomic E-state index is 14.9. The zero-order chi connectivity index (χ0) is 21.4. The summed E-state index contributed by atoms with van der Waals surface area (Å²) in [7, 11) is 0. The van der Waals surface area contributed by atoms with Crippen LogP contribution in [-0.4, -0.2) is 25.1 Å². The number of aryl methyl sites for hydroxylation is 1. The minimum absolute atomic E-state index is 0.00907. The number of rotatable bonds is 5. The van der Waals surface area contributed by atoms with Crippen LogP contribution in [0.25, 0.3) is 22.4 Å². The third kappa shape index (κ3) is 3.34. The van der Waals surface area contributed by atoms with Crippen molar-refractivity contribution in [3.8, 4) is 29.2 Å². The second-order valence-corrected chi connectivity index (χ2v) is 6.68. The van der Waals surface area contributed by atoms with Gasteiger partial charge in [-0.3, -0.25) is 5.10 Å². The maximum Gasteiger partial charge on any atom is 0.242 e. The highest BCUT2D eigenvalue weighted by atomic mass is 19.1. The normalized spacial score (nSPS) is 10.9. The fraction of sp³-hybridized carbons (Fsp3) is 0.0476. The molecule has 0 atom stereocenters. The van der Waals surface area contributed by atoms with Gasteiger partial charge in [0.2, 0.25) is 5.88 Å². The minimum Gasteiger partial charge on any atom is -0.463 e. The van der Waals surface area contributed by atoms with Gasteiger partial charge in [-0.25, -0.2) is 14.4 Å². The molecule has 31 heavy (non-hydrogen) atoms. The quantitative estimate of drug-likeness (QED) is 0.376. The molecule has 4 aromatic heterocycles. The minimum atomic E-state index is -0.547. The molecule has 0 aliphatic heterocycles. The van der Waals surface area contributed by atoms with Crippen LogP contribution in [0.1, 0.15) is 11.3 Å². The van der Waals surface area contributed by atoms with E-state index in [1.807, 2.05) is 13.0 Å². The average molecular weight is 415 g/mol. The number of H-pyrrole nitrogens is 2. The van der Waals surface area contributed by atoms with Crippen LogP contribution >= 0.6 is 0 Å². The molecule has 0 radical (unpaired) electrons. The molecule has 1 aromatic carbocycles. The Labute approximate surface area is 174 Å². The molecule has 0 aliphatic rings. The maximum absolute atomic E-state index is 14.9. The van der Waals surface area contributed by atoms with Crippen molar-refractivity contribution in [2.75, 3.05) is 5.32 Å². The summed E-state index contributed by atoms with van der Waals surface area (Å²) < 4.78 is 25.8. The number of ether oxygens (including phenoxy) is 1.